The SMILES string of the molecule is O=C(Nc1cc(-c2csc(C(=O)N3CCCC3CO)n2)cn2ccnc12)C1CC1. The number of aliphatic hydroxyl groups is 1. The van der Waals surface area contributed by atoms with Crippen molar-refractivity contribution in [3.63, 3.8) is 0 Å². The molecule has 8 nitrogen and oxygen atoms in total. The number of fused-ring (bicyclic) bond motifs is 1. The molecule has 150 valence electrons. The molecule has 1 unspecified atom stereocenters. The molecule has 1 atom stereocenters. The van der Waals surface area contributed by atoms with Gasteiger partial charge in [-0.15, -0.1) is 11.3 Å². The Morgan fingerprint density at radius 2 is 2.17 bits per heavy atom. The van der Waals surface area contributed by atoms with Crippen molar-refractivity contribution < 1.29 is 14.7 Å². The third-order valence-electron chi connectivity index (χ3n) is 5.53. The number of imidazole rings is 1. The Kier molecular flexibility index (Phi) is 4.56. The zero-order valence-electron chi connectivity index (χ0n) is 15.7. The highest BCUT2D eigenvalue weighted by atomic mass is 32.1. The normalized spacial score (nSPS) is 19.1. The lowest BCUT2D eigenvalue weighted by atomic mass is 10.2. The first-order valence-corrected chi connectivity index (χ1v) is 10.7. The van der Waals surface area contributed by atoms with Gasteiger partial charge in [-0.1, -0.05) is 0 Å². The fourth-order valence-electron chi connectivity index (χ4n) is 3.77. The third-order valence-corrected chi connectivity index (χ3v) is 6.36. The number of amides is 2. The summed E-state index contributed by atoms with van der Waals surface area (Å²) in [7, 11) is 0. The number of likely N-dealkylation sites (tertiary alicyclic amines) is 1. The minimum absolute atomic E-state index is 0.0188. The Morgan fingerprint density at radius 3 is 2.97 bits per heavy atom. The Morgan fingerprint density at radius 1 is 1.31 bits per heavy atom. The van der Waals surface area contributed by atoms with E-state index in [1.165, 1.54) is 11.3 Å². The highest BCUT2D eigenvalue weighted by molar-refractivity contribution is 7.12. The number of thiazole rings is 1. The number of hydrogen-bond donors (Lipinski definition) is 2. The van der Waals surface area contributed by atoms with E-state index < -0.39 is 0 Å². The van der Waals surface area contributed by atoms with Gasteiger partial charge in [0.25, 0.3) is 5.91 Å². The number of aromatic nitrogens is 3. The average Bonchev–Trinajstić information content (AvgIpc) is 3.14. The van der Waals surface area contributed by atoms with Crippen LogP contribution in [0.4, 0.5) is 5.69 Å². The van der Waals surface area contributed by atoms with E-state index in [0.717, 1.165) is 31.2 Å². The molecule has 0 spiro atoms. The van der Waals surface area contributed by atoms with Crippen molar-refractivity contribution in [2.24, 2.45) is 5.92 Å². The lowest BCUT2D eigenvalue weighted by Gasteiger charge is -2.21. The standard InChI is InChI=1S/C20H21N5O3S/c26-10-14-2-1-6-25(14)20(28)19-23-16(11-29-19)13-8-15(22-18(27)12-3-4-12)17-21-5-7-24(17)9-13/h5,7-9,11-12,14,26H,1-4,6,10H2,(H,22,27). The molecular weight excluding hydrogens is 390 g/mol. The van der Waals surface area contributed by atoms with Crippen LogP contribution in [0.2, 0.25) is 0 Å². The van der Waals surface area contributed by atoms with Gasteiger partial charge in [0.05, 0.1) is 24.0 Å². The molecular formula is C20H21N5O3S. The van der Waals surface area contributed by atoms with E-state index in [9.17, 15) is 14.7 Å². The molecule has 29 heavy (non-hydrogen) atoms. The summed E-state index contributed by atoms with van der Waals surface area (Å²) in [6.45, 7) is 0.628. The van der Waals surface area contributed by atoms with Crippen molar-refractivity contribution >= 4 is 34.5 Å². The molecule has 2 amide bonds. The molecule has 1 saturated heterocycles. The molecule has 3 aromatic heterocycles. The zero-order chi connectivity index (χ0) is 20.0. The van der Waals surface area contributed by atoms with Gasteiger partial charge in [0, 0.05) is 42.0 Å². The van der Waals surface area contributed by atoms with Crippen LogP contribution >= 0.6 is 11.3 Å². The molecule has 2 aliphatic rings. The molecule has 3 aromatic rings. The molecule has 0 aromatic carbocycles. The molecule has 1 aliphatic heterocycles. The fraction of sp³-hybridized carbons (Fsp3) is 0.400. The zero-order valence-corrected chi connectivity index (χ0v) is 16.6. The number of nitrogens with zero attached hydrogens (tertiary/aromatic N) is 4. The van der Waals surface area contributed by atoms with Crippen molar-refractivity contribution in [2.75, 3.05) is 18.5 Å². The molecule has 2 fully saturated rings. The van der Waals surface area contributed by atoms with Crippen LogP contribution in [0.1, 0.15) is 35.5 Å². The maximum absolute atomic E-state index is 12.8. The molecule has 4 heterocycles. The topological polar surface area (TPSA) is 99.8 Å². The number of pyridine rings is 1. The van der Waals surface area contributed by atoms with E-state index in [4.69, 9.17) is 0 Å². The van der Waals surface area contributed by atoms with Crippen LogP contribution in [0.5, 0.6) is 0 Å². The van der Waals surface area contributed by atoms with Gasteiger partial charge >= 0.3 is 0 Å². The van der Waals surface area contributed by atoms with E-state index in [2.05, 4.69) is 15.3 Å². The highest BCUT2D eigenvalue weighted by Crippen LogP contribution is 2.32. The second-order valence-corrected chi connectivity index (χ2v) is 8.44. The Bertz CT molecular complexity index is 1090. The Balaban J connectivity index is 1.45. The number of carbonyl (C=O) groups is 2. The lowest BCUT2D eigenvalue weighted by molar-refractivity contribution is -0.117. The van der Waals surface area contributed by atoms with Crippen molar-refractivity contribution in [2.45, 2.75) is 31.7 Å². The van der Waals surface area contributed by atoms with Gasteiger partial charge in [0.2, 0.25) is 5.91 Å². The summed E-state index contributed by atoms with van der Waals surface area (Å²) in [6.07, 6.45) is 8.98. The van der Waals surface area contributed by atoms with Crippen LogP contribution in [0, 0.1) is 5.92 Å². The van der Waals surface area contributed by atoms with Gasteiger partial charge in [-0.25, -0.2) is 9.97 Å². The maximum atomic E-state index is 12.8. The summed E-state index contributed by atoms with van der Waals surface area (Å²) >= 11 is 1.30. The molecule has 5 rings (SSSR count). The first-order chi connectivity index (χ1) is 14.1. The first kappa shape index (κ1) is 18.3. The fourth-order valence-corrected chi connectivity index (χ4v) is 4.55. The van der Waals surface area contributed by atoms with Crippen molar-refractivity contribution in [3.8, 4) is 11.3 Å². The first-order valence-electron chi connectivity index (χ1n) is 9.79. The van der Waals surface area contributed by atoms with Crippen LogP contribution in [-0.2, 0) is 4.79 Å². The largest absolute Gasteiger partial charge is 0.394 e. The molecule has 2 N–H and O–H groups in total. The number of hydrogen-bond acceptors (Lipinski definition) is 6. The van der Waals surface area contributed by atoms with Crippen LogP contribution in [0.15, 0.2) is 30.0 Å². The molecule has 1 saturated carbocycles. The van der Waals surface area contributed by atoms with Gasteiger partial charge in [-0.3, -0.25) is 9.59 Å². The lowest BCUT2D eigenvalue weighted by Crippen LogP contribution is -2.37. The predicted octanol–water partition coefficient (Wildman–Crippen LogP) is 2.40. The number of nitrogens with one attached hydrogen (secondary N) is 1. The quantitative estimate of drug-likeness (QED) is 0.672. The number of anilines is 1. The van der Waals surface area contributed by atoms with E-state index in [1.807, 2.05) is 28.2 Å². The summed E-state index contributed by atoms with van der Waals surface area (Å²) in [4.78, 5) is 35.7. The van der Waals surface area contributed by atoms with Crippen LogP contribution < -0.4 is 5.32 Å². The average molecular weight is 411 g/mol. The maximum Gasteiger partial charge on any atom is 0.283 e. The Hall–Kier alpha value is -2.78. The van der Waals surface area contributed by atoms with Crippen LogP contribution in [-0.4, -0.2) is 55.4 Å². The third kappa shape index (κ3) is 3.40. The monoisotopic (exact) mass is 411 g/mol. The summed E-state index contributed by atoms with van der Waals surface area (Å²) in [6, 6.07) is 1.74. The number of carbonyl (C=O) groups excluding carboxylic acids is 2. The second-order valence-electron chi connectivity index (χ2n) is 7.58. The second kappa shape index (κ2) is 7.23. The summed E-state index contributed by atoms with van der Waals surface area (Å²) in [5, 5.41) is 14.7. The van der Waals surface area contributed by atoms with Crippen molar-refractivity contribution in [1.29, 1.82) is 0 Å². The summed E-state index contributed by atoms with van der Waals surface area (Å²) in [5.41, 5.74) is 2.80. The van der Waals surface area contributed by atoms with E-state index in [0.29, 0.717) is 28.6 Å². The van der Waals surface area contributed by atoms with Crippen LogP contribution in [0.3, 0.4) is 0 Å². The molecule has 0 radical (unpaired) electrons. The number of rotatable bonds is 5. The smallest absolute Gasteiger partial charge is 0.283 e. The van der Waals surface area contributed by atoms with Crippen LogP contribution in [0.25, 0.3) is 16.9 Å². The van der Waals surface area contributed by atoms with Crippen molar-refractivity contribution in [3.05, 3.63) is 35.0 Å². The molecule has 0 bridgehead atoms. The molecule has 9 heteroatoms. The van der Waals surface area contributed by atoms with Gasteiger partial charge in [0.1, 0.15) is 0 Å². The summed E-state index contributed by atoms with van der Waals surface area (Å²) < 4.78 is 1.85. The minimum atomic E-state index is -0.135. The van der Waals surface area contributed by atoms with E-state index >= 15 is 0 Å². The predicted molar refractivity (Wildman–Crippen MR) is 109 cm³/mol. The minimum Gasteiger partial charge on any atom is -0.394 e. The van der Waals surface area contributed by atoms with Gasteiger partial charge in [-0.2, -0.15) is 0 Å². The molecule has 1 aliphatic carbocycles. The Labute approximate surface area is 171 Å². The highest BCUT2D eigenvalue weighted by Gasteiger charge is 2.31. The van der Waals surface area contributed by atoms with E-state index in [1.54, 1.807) is 11.1 Å². The van der Waals surface area contributed by atoms with Crippen molar-refractivity contribution in [1.82, 2.24) is 19.3 Å². The van der Waals surface area contributed by atoms with Gasteiger partial charge in [-0.05, 0) is 31.7 Å². The van der Waals surface area contributed by atoms with Gasteiger partial charge < -0.3 is 19.7 Å². The summed E-state index contributed by atoms with van der Waals surface area (Å²) in [5.74, 6) is -0.0221. The number of aliphatic hydroxyl groups excluding tert-OH is 1. The van der Waals surface area contributed by atoms with E-state index in [-0.39, 0.29) is 30.4 Å². The van der Waals surface area contributed by atoms with Gasteiger partial charge in [0.15, 0.2) is 10.7 Å².